The Kier molecular flexibility index (Phi) is 53.1. The first kappa shape index (κ1) is 91.2. The Balaban J connectivity index is -0.000000278. The van der Waals surface area contributed by atoms with Gasteiger partial charge in [-0.05, 0) is 0 Å². The van der Waals surface area contributed by atoms with Crippen LogP contribution < -0.4 is 66.7 Å². The zero-order valence-electron chi connectivity index (χ0n) is 41.7. The SMILES string of the molecule is O=C([O-])[C@H](O)[C@@H](O)[C@H](O)[C@H](O)CO.O=C([O-])[C@H](O)[C@@H](O)[C@H](O)[C@H](O)CO.O=C([O-])[C@H](O)[C@@H](O)[C@H](O)[C@H](O)CO.O=C([O][Al]([O]C(=O)[C@H](O)[C@@H](O)[C@H](O)[C@H](O)CO)[O]C(=O)[C@H](O)[C@@H](O)[C@H](O)[C@H](O)CO)[C@H](O)[C@@H](O)[C@H](O)[C@H](O)CO.[Ca+2].[K+]. The maximum absolute atomic E-state index is 12.2. The van der Waals surface area contributed by atoms with E-state index >= 15 is 0 Å². The molecule has 0 aromatic carbocycles. The van der Waals surface area contributed by atoms with Gasteiger partial charge >= 0.3 is 122 Å². The molecular weight excluding hydrogens is 1210 g/mol. The molecule has 0 saturated heterocycles. The summed E-state index contributed by atoms with van der Waals surface area (Å²) in [7, 11) is 0. The molecule has 0 fully saturated rings. The second-order valence-corrected chi connectivity index (χ2v) is 16.9. The molecule has 468 valence electrons. The number of hydrogen-bond acceptors (Lipinski definition) is 42. The molecule has 0 aliphatic rings. The van der Waals surface area contributed by atoms with E-state index in [1.807, 2.05) is 0 Å². The fraction of sp³-hybridized carbons (Fsp3) is 0.833. The Bertz CT molecular complexity index is 1540. The van der Waals surface area contributed by atoms with Crippen LogP contribution in [0, 0.1) is 0 Å². The molecule has 30 N–H and O–H groups in total. The Morgan fingerprint density at radius 3 is 0.506 bits per heavy atom. The minimum atomic E-state index is -4.83. The van der Waals surface area contributed by atoms with Gasteiger partial charge < -0.3 is 194 Å². The molecule has 24 atom stereocenters. The quantitative estimate of drug-likeness (QED) is 0.0271. The van der Waals surface area contributed by atoms with Crippen LogP contribution in [0.1, 0.15) is 0 Å². The van der Waals surface area contributed by atoms with Gasteiger partial charge in [0.1, 0.15) is 128 Å². The first-order chi connectivity index (χ1) is 36.2. The molecular formula is C36H66AlCaKO42. The van der Waals surface area contributed by atoms with Crippen molar-refractivity contribution in [3.05, 3.63) is 0 Å². The van der Waals surface area contributed by atoms with Crippen molar-refractivity contribution < 1.29 is 260 Å². The van der Waals surface area contributed by atoms with E-state index in [1.54, 1.807) is 0 Å². The average molecular weight is 1280 g/mol. The van der Waals surface area contributed by atoms with Crippen molar-refractivity contribution in [3.63, 3.8) is 0 Å². The van der Waals surface area contributed by atoms with Crippen LogP contribution in [0.15, 0.2) is 0 Å². The first-order valence-corrected chi connectivity index (χ1v) is 22.8. The van der Waals surface area contributed by atoms with Crippen molar-refractivity contribution in [2.24, 2.45) is 0 Å². The maximum Gasteiger partial charge on any atom is 2.00 e. The number of carbonyl (C=O) groups excluding carboxylic acids is 6. The second kappa shape index (κ2) is 47.2. The number of carboxylic acid groups (broad SMARTS) is 3. The van der Waals surface area contributed by atoms with Crippen molar-refractivity contribution >= 4 is 88.7 Å². The minimum absolute atomic E-state index is 0. The van der Waals surface area contributed by atoms with E-state index in [0.717, 1.165) is 0 Å². The van der Waals surface area contributed by atoms with Crippen molar-refractivity contribution in [2.45, 2.75) is 146 Å². The summed E-state index contributed by atoms with van der Waals surface area (Å²) in [5.74, 6) is -12.1. The summed E-state index contributed by atoms with van der Waals surface area (Å²) in [5, 5.41) is 302. The number of hydrogen-bond donors (Lipinski definition) is 30. The molecule has 0 aromatic heterocycles. The normalized spacial score (nSPS) is 20.1. The monoisotopic (exact) mass is 1280 g/mol. The van der Waals surface area contributed by atoms with Gasteiger partial charge in [-0.1, -0.05) is 0 Å². The summed E-state index contributed by atoms with van der Waals surface area (Å²) in [5.41, 5.74) is 0. The van der Waals surface area contributed by atoms with E-state index in [9.17, 15) is 105 Å². The Hall–Kier alpha value is -0.951. The second-order valence-electron chi connectivity index (χ2n) is 15.6. The van der Waals surface area contributed by atoms with Gasteiger partial charge in [0.15, 0.2) is 18.3 Å². The van der Waals surface area contributed by atoms with E-state index in [2.05, 4.69) is 11.4 Å². The average Bonchev–Trinajstić information content (AvgIpc) is 3.43. The van der Waals surface area contributed by atoms with Crippen LogP contribution in [-0.2, 0) is 40.1 Å². The van der Waals surface area contributed by atoms with Crippen LogP contribution in [0.25, 0.3) is 0 Å². The third-order valence-electron chi connectivity index (χ3n) is 9.61. The molecule has 0 unspecified atom stereocenters. The van der Waals surface area contributed by atoms with Gasteiger partial charge in [0.05, 0.1) is 57.5 Å². The smallest absolute Gasteiger partial charge is 0.549 e. The minimum Gasteiger partial charge on any atom is -0.549 e. The van der Waals surface area contributed by atoms with Gasteiger partial charge in [-0.3, -0.25) is 14.4 Å². The van der Waals surface area contributed by atoms with Crippen molar-refractivity contribution in [1.29, 1.82) is 0 Å². The van der Waals surface area contributed by atoms with E-state index < -0.39 is 237 Å². The van der Waals surface area contributed by atoms with Crippen molar-refractivity contribution in [1.82, 2.24) is 0 Å². The van der Waals surface area contributed by atoms with E-state index in [-0.39, 0.29) is 89.1 Å². The third kappa shape index (κ3) is 33.1. The number of rotatable bonds is 33. The van der Waals surface area contributed by atoms with Crippen molar-refractivity contribution in [3.8, 4) is 0 Å². The summed E-state index contributed by atoms with van der Waals surface area (Å²) in [6.07, 6.45) is -53.8. The number of aliphatic hydroxyl groups is 30. The number of aliphatic carboxylic acids is 3. The van der Waals surface area contributed by atoms with E-state index in [4.69, 9.17) is 91.9 Å². The summed E-state index contributed by atoms with van der Waals surface area (Å²) in [4.78, 5) is 66.5. The summed E-state index contributed by atoms with van der Waals surface area (Å²) >= 11 is -4.83. The fourth-order valence-corrected chi connectivity index (χ4v) is 5.67. The predicted octanol–water partition coefficient (Wildman–Crippen LogP) is -29.0. The Morgan fingerprint density at radius 1 is 0.272 bits per heavy atom. The Morgan fingerprint density at radius 2 is 0.395 bits per heavy atom. The molecule has 0 radical (unpaired) electrons. The van der Waals surface area contributed by atoms with E-state index in [0.29, 0.717) is 0 Å². The molecule has 0 aliphatic carbocycles. The first-order valence-electron chi connectivity index (χ1n) is 21.4. The number of carboxylic acids is 3. The topological polar surface area (TPSA) is 806 Å². The van der Waals surface area contributed by atoms with Crippen LogP contribution in [0.4, 0.5) is 0 Å². The zero-order chi connectivity index (χ0) is 63.3. The van der Waals surface area contributed by atoms with Gasteiger partial charge in [0, 0.05) is 0 Å². The summed E-state index contributed by atoms with van der Waals surface area (Å²) in [6.45, 7) is -6.05. The standard InChI is InChI=1S/6C6H12O7.Al.Ca.K/c6*7-1-2(8)3(9)4(10)5(11)6(12)13;;;/h6*2-5,7-11H,1H2,(H,12,13);;;/q;;;;;;+3;+2;+1/p-6/t6*2-,3-,4+,5-;;;/m111111.../s1. The predicted molar refractivity (Wildman–Crippen MR) is 231 cm³/mol. The van der Waals surface area contributed by atoms with Crippen LogP contribution in [0.5, 0.6) is 0 Å². The zero-order valence-corrected chi connectivity index (χ0v) is 48.2. The molecule has 0 aromatic rings. The molecule has 0 bridgehead atoms. The van der Waals surface area contributed by atoms with Gasteiger partial charge in [-0.25, -0.2) is 0 Å². The molecule has 42 nitrogen and oxygen atoms in total. The summed E-state index contributed by atoms with van der Waals surface area (Å²) in [6, 6.07) is 0. The molecule has 0 aliphatic heterocycles. The molecule has 0 rings (SSSR count). The summed E-state index contributed by atoms with van der Waals surface area (Å²) < 4.78 is 13.2. The van der Waals surface area contributed by atoms with Crippen LogP contribution in [0.3, 0.4) is 0 Å². The molecule has 0 spiro atoms. The van der Waals surface area contributed by atoms with Gasteiger partial charge in [-0.2, -0.15) is 0 Å². The Labute approximate surface area is 530 Å². The van der Waals surface area contributed by atoms with Gasteiger partial charge in [0.25, 0.3) is 0 Å². The van der Waals surface area contributed by atoms with Crippen LogP contribution >= 0.6 is 0 Å². The number of aliphatic hydroxyl groups excluding tert-OH is 30. The van der Waals surface area contributed by atoms with Gasteiger partial charge in [-0.15, -0.1) is 0 Å². The maximum atomic E-state index is 12.2. The molecule has 0 saturated carbocycles. The van der Waals surface area contributed by atoms with Crippen LogP contribution in [0.2, 0.25) is 0 Å². The molecule has 45 heteroatoms. The number of carbonyl (C=O) groups is 6. The molecule has 0 amide bonds. The fourth-order valence-electron chi connectivity index (χ4n) is 4.54. The van der Waals surface area contributed by atoms with E-state index in [1.165, 1.54) is 0 Å². The largest absolute Gasteiger partial charge is 2.00 e. The third-order valence-corrected chi connectivity index (χ3v) is 10.9. The molecule has 81 heavy (non-hydrogen) atoms. The van der Waals surface area contributed by atoms with Crippen LogP contribution in [-0.4, -0.2) is 428 Å². The van der Waals surface area contributed by atoms with Crippen molar-refractivity contribution in [2.75, 3.05) is 39.6 Å². The van der Waals surface area contributed by atoms with Gasteiger partial charge in [0.2, 0.25) is 0 Å². The molecule has 0 heterocycles.